The molecule has 1 aromatic carbocycles. The third-order valence-electron chi connectivity index (χ3n) is 3.88. The largest absolute Gasteiger partial charge is 0.336 e. The maximum atomic E-state index is 12.8. The second-order valence-corrected chi connectivity index (χ2v) is 5.85. The number of aryl methyl sites for hydroxylation is 1. The van der Waals surface area contributed by atoms with E-state index in [1.807, 2.05) is 30.0 Å². The van der Waals surface area contributed by atoms with E-state index in [0.29, 0.717) is 11.1 Å². The molecule has 0 saturated carbocycles. The average molecular weight is 331 g/mol. The summed E-state index contributed by atoms with van der Waals surface area (Å²) in [6, 6.07) is 5.91. The number of hydrogen-bond acceptors (Lipinski definition) is 2. The van der Waals surface area contributed by atoms with E-state index in [2.05, 4.69) is 12.2 Å². The molecule has 118 valence electrons. The van der Waals surface area contributed by atoms with Crippen molar-refractivity contribution >= 4 is 29.9 Å². The van der Waals surface area contributed by atoms with Crippen LogP contribution in [-0.4, -0.2) is 36.5 Å². The predicted octanol–water partition coefficient (Wildman–Crippen LogP) is 3.67. The molecule has 2 rings (SSSR count). The first-order valence-electron chi connectivity index (χ1n) is 7.41. The number of hydrogen-bond donors (Lipinski definition) is 1. The lowest BCUT2D eigenvalue weighted by atomic mass is 10.0. The molecule has 1 aromatic rings. The molecule has 1 fully saturated rings. The van der Waals surface area contributed by atoms with Crippen molar-refractivity contribution in [3.8, 4) is 0 Å². The Bertz CT molecular complexity index is 473. The maximum absolute atomic E-state index is 12.8. The highest BCUT2D eigenvalue weighted by atomic mass is 35.5. The molecular formula is C16H24Cl2N2O. The van der Waals surface area contributed by atoms with E-state index in [1.54, 1.807) is 0 Å². The van der Waals surface area contributed by atoms with Crippen molar-refractivity contribution in [2.45, 2.75) is 39.2 Å². The third kappa shape index (κ3) is 4.60. The SMILES string of the molecule is CCCN(C(=O)c1ccc(Cl)c(C)c1)C1CCNCC1.Cl. The van der Waals surface area contributed by atoms with Gasteiger partial charge in [-0.05, 0) is 63.0 Å². The van der Waals surface area contributed by atoms with Crippen molar-refractivity contribution in [3.05, 3.63) is 34.3 Å². The Morgan fingerprint density at radius 2 is 2.05 bits per heavy atom. The lowest BCUT2D eigenvalue weighted by Gasteiger charge is -2.34. The summed E-state index contributed by atoms with van der Waals surface area (Å²) in [6.07, 6.45) is 3.07. The van der Waals surface area contributed by atoms with Crippen LogP contribution < -0.4 is 5.32 Å². The summed E-state index contributed by atoms with van der Waals surface area (Å²) in [5, 5.41) is 4.06. The molecule has 1 aliphatic heterocycles. The summed E-state index contributed by atoms with van der Waals surface area (Å²) in [6.45, 7) is 6.88. The van der Waals surface area contributed by atoms with Crippen LogP contribution in [0.3, 0.4) is 0 Å². The molecule has 0 radical (unpaired) electrons. The number of nitrogens with one attached hydrogen (secondary N) is 1. The molecule has 1 amide bonds. The van der Waals surface area contributed by atoms with Crippen molar-refractivity contribution in [1.82, 2.24) is 10.2 Å². The molecule has 0 unspecified atom stereocenters. The van der Waals surface area contributed by atoms with Gasteiger partial charge in [-0.1, -0.05) is 18.5 Å². The number of amides is 1. The summed E-state index contributed by atoms with van der Waals surface area (Å²) in [7, 11) is 0. The molecule has 21 heavy (non-hydrogen) atoms. The van der Waals surface area contributed by atoms with Gasteiger partial charge in [-0.25, -0.2) is 0 Å². The molecule has 1 heterocycles. The molecule has 1 N–H and O–H groups in total. The Balaban J connectivity index is 0.00000220. The molecule has 0 aromatic heterocycles. The number of piperidine rings is 1. The second-order valence-electron chi connectivity index (χ2n) is 5.44. The van der Waals surface area contributed by atoms with Gasteiger partial charge in [-0.15, -0.1) is 12.4 Å². The van der Waals surface area contributed by atoms with Crippen molar-refractivity contribution in [2.24, 2.45) is 0 Å². The summed E-state index contributed by atoms with van der Waals surface area (Å²) in [5.41, 5.74) is 1.71. The van der Waals surface area contributed by atoms with Crippen LogP contribution in [-0.2, 0) is 0 Å². The Morgan fingerprint density at radius 1 is 1.38 bits per heavy atom. The van der Waals surface area contributed by atoms with E-state index in [9.17, 15) is 4.79 Å². The maximum Gasteiger partial charge on any atom is 0.254 e. The topological polar surface area (TPSA) is 32.3 Å². The van der Waals surface area contributed by atoms with Crippen LogP contribution in [0.1, 0.15) is 42.1 Å². The van der Waals surface area contributed by atoms with Crippen molar-refractivity contribution in [3.63, 3.8) is 0 Å². The number of rotatable bonds is 4. The van der Waals surface area contributed by atoms with Crippen LogP contribution in [0.4, 0.5) is 0 Å². The van der Waals surface area contributed by atoms with E-state index in [4.69, 9.17) is 11.6 Å². The van der Waals surface area contributed by atoms with Gasteiger partial charge in [0.25, 0.3) is 5.91 Å². The van der Waals surface area contributed by atoms with Gasteiger partial charge >= 0.3 is 0 Å². The Morgan fingerprint density at radius 3 is 2.62 bits per heavy atom. The van der Waals surface area contributed by atoms with Crippen LogP contribution >= 0.6 is 24.0 Å². The van der Waals surface area contributed by atoms with Crippen molar-refractivity contribution in [2.75, 3.05) is 19.6 Å². The van der Waals surface area contributed by atoms with Gasteiger partial charge in [0.05, 0.1) is 0 Å². The minimum atomic E-state index is 0. The zero-order valence-corrected chi connectivity index (χ0v) is 14.3. The minimum absolute atomic E-state index is 0. The summed E-state index contributed by atoms with van der Waals surface area (Å²) in [4.78, 5) is 14.8. The van der Waals surface area contributed by atoms with E-state index >= 15 is 0 Å². The molecular weight excluding hydrogens is 307 g/mol. The summed E-state index contributed by atoms with van der Waals surface area (Å²) in [5.74, 6) is 0.138. The lowest BCUT2D eigenvalue weighted by molar-refractivity contribution is 0.0642. The Labute approximate surface area is 138 Å². The highest BCUT2D eigenvalue weighted by molar-refractivity contribution is 6.31. The second kappa shape index (κ2) is 8.62. The number of carbonyl (C=O) groups is 1. The Kier molecular flexibility index (Phi) is 7.50. The minimum Gasteiger partial charge on any atom is -0.336 e. The molecule has 1 aliphatic rings. The van der Waals surface area contributed by atoms with Gasteiger partial charge < -0.3 is 10.2 Å². The lowest BCUT2D eigenvalue weighted by Crippen LogP contribution is -2.46. The average Bonchev–Trinajstić information content (AvgIpc) is 2.48. The normalized spacial score (nSPS) is 15.4. The van der Waals surface area contributed by atoms with Gasteiger partial charge in [0, 0.05) is 23.2 Å². The van der Waals surface area contributed by atoms with Crippen molar-refractivity contribution < 1.29 is 4.79 Å². The van der Waals surface area contributed by atoms with E-state index in [1.165, 1.54) is 0 Å². The number of nitrogens with zero attached hydrogens (tertiary/aromatic N) is 1. The first kappa shape index (κ1) is 18.3. The van der Waals surface area contributed by atoms with E-state index in [-0.39, 0.29) is 18.3 Å². The highest BCUT2D eigenvalue weighted by Crippen LogP contribution is 2.20. The number of halogens is 2. The van der Waals surface area contributed by atoms with Gasteiger partial charge in [-0.3, -0.25) is 4.79 Å². The van der Waals surface area contributed by atoms with Gasteiger partial charge in [0.2, 0.25) is 0 Å². The van der Waals surface area contributed by atoms with E-state index in [0.717, 1.165) is 50.0 Å². The standard InChI is InChI=1S/C16H23ClN2O.ClH/c1-3-10-19(14-6-8-18-9-7-14)16(20)13-4-5-15(17)12(2)11-13;/h4-5,11,14,18H,3,6-10H2,1-2H3;1H. The zero-order chi connectivity index (χ0) is 14.5. The van der Waals surface area contributed by atoms with Gasteiger partial charge in [-0.2, -0.15) is 0 Å². The smallest absolute Gasteiger partial charge is 0.254 e. The zero-order valence-electron chi connectivity index (χ0n) is 12.7. The molecule has 0 aliphatic carbocycles. The first-order chi connectivity index (χ1) is 9.63. The Hall–Kier alpha value is -0.770. The highest BCUT2D eigenvalue weighted by Gasteiger charge is 2.25. The molecule has 3 nitrogen and oxygen atoms in total. The van der Waals surface area contributed by atoms with Crippen LogP contribution in [0.5, 0.6) is 0 Å². The summed E-state index contributed by atoms with van der Waals surface area (Å²) >= 11 is 6.04. The van der Waals surface area contributed by atoms with Crippen LogP contribution in [0.2, 0.25) is 5.02 Å². The third-order valence-corrected chi connectivity index (χ3v) is 4.30. The molecule has 0 bridgehead atoms. The molecule has 1 saturated heterocycles. The van der Waals surface area contributed by atoms with E-state index < -0.39 is 0 Å². The molecule has 5 heteroatoms. The fourth-order valence-corrected chi connectivity index (χ4v) is 2.87. The van der Waals surface area contributed by atoms with Crippen molar-refractivity contribution in [1.29, 1.82) is 0 Å². The predicted molar refractivity (Wildman–Crippen MR) is 90.7 cm³/mol. The number of carbonyl (C=O) groups excluding carboxylic acids is 1. The van der Waals surface area contributed by atoms with Crippen LogP contribution in [0.25, 0.3) is 0 Å². The fourth-order valence-electron chi connectivity index (χ4n) is 2.75. The van der Waals surface area contributed by atoms with Gasteiger partial charge in [0.1, 0.15) is 0 Å². The monoisotopic (exact) mass is 330 g/mol. The quantitative estimate of drug-likeness (QED) is 0.913. The molecule has 0 spiro atoms. The first-order valence-corrected chi connectivity index (χ1v) is 7.79. The fraction of sp³-hybridized carbons (Fsp3) is 0.562. The summed E-state index contributed by atoms with van der Waals surface area (Å²) < 4.78 is 0. The number of benzene rings is 1. The van der Waals surface area contributed by atoms with Crippen LogP contribution in [0.15, 0.2) is 18.2 Å². The van der Waals surface area contributed by atoms with Gasteiger partial charge in [0.15, 0.2) is 0 Å². The molecule has 0 atom stereocenters. The van der Waals surface area contributed by atoms with Crippen LogP contribution in [0, 0.1) is 6.92 Å².